The molecule has 2 rings (SSSR count). The highest BCUT2D eigenvalue weighted by Crippen LogP contribution is 2.14. The number of carbonyl (C=O) groups is 3. The highest BCUT2D eigenvalue weighted by atomic mass is 32.1. The van der Waals surface area contributed by atoms with Crippen LogP contribution in [0.25, 0.3) is 6.08 Å². The van der Waals surface area contributed by atoms with E-state index in [4.69, 9.17) is 0 Å². The van der Waals surface area contributed by atoms with E-state index in [1.807, 2.05) is 11.4 Å². The molecule has 3 N–H and O–H groups in total. The van der Waals surface area contributed by atoms with E-state index in [-0.39, 0.29) is 11.6 Å². The van der Waals surface area contributed by atoms with E-state index in [2.05, 4.69) is 10.6 Å². The molecular formula is C19H20N2O4S. The van der Waals surface area contributed by atoms with Gasteiger partial charge >= 0.3 is 5.97 Å². The van der Waals surface area contributed by atoms with Gasteiger partial charge in [-0.05, 0) is 35.6 Å². The minimum absolute atomic E-state index is 0.00629. The minimum atomic E-state index is -1.13. The third-order valence-corrected chi connectivity index (χ3v) is 4.40. The van der Waals surface area contributed by atoms with Gasteiger partial charge in [0.2, 0.25) is 0 Å². The average Bonchev–Trinajstić information content (AvgIpc) is 3.12. The number of aliphatic carboxylic acids is 1. The number of hydrogen-bond acceptors (Lipinski definition) is 4. The van der Waals surface area contributed by atoms with Crippen molar-refractivity contribution in [2.45, 2.75) is 19.9 Å². The summed E-state index contributed by atoms with van der Waals surface area (Å²) in [4.78, 5) is 37.1. The topological polar surface area (TPSA) is 95.5 Å². The quantitative estimate of drug-likeness (QED) is 0.651. The first-order valence-electron chi connectivity index (χ1n) is 8.03. The monoisotopic (exact) mass is 372 g/mol. The Hall–Kier alpha value is -2.93. The second-order valence-corrected chi connectivity index (χ2v) is 6.91. The molecule has 1 aromatic heterocycles. The maximum atomic E-state index is 12.6. The second kappa shape index (κ2) is 8.96. The standard InChI is InChI=1S/C19H20N2O4S/c1-12(2)16(19(24)25)21-18(23)15(11-14-9-6-10-26-14)20-17(22)13-7-4-3-5-8-13/h3-12,16H,1-2H3,(H,20,22)(H,21,23)(H,24,25)/b15-11+/t16-/m1/s1. The Morgan fingerprint density at radius 2 is 1.77 bits per heavy atom. The number of benzene rings is 1. The summed E-state index contributed by atoms with van der Waals surface area (Å²) in [7, 11) is 0. The van der Waals surface area contributed by atoms with Crippen molar-refractivity contribution in [2.75, 3.05) is 0 Å². The Labute approximate surface area is 155 Å². The van der Waals surface area contributed by atoms with Crippen LogP contribution in [-0.2, 0) is 9.59 Å². The van der Waals surface area contributed by atoms with Crippen molar-refractivity contribution in [1.82, 2.24) is 10.6 Å². The summed E-state index contributed by atoms with van der Waals surface area (Å²) < 4.78 is 0. The van der Waals surface area contributed by atoms with E-state index in [1.54, 1.807) is 50.2 Å². The Morgan fingerprint density at radius 1 is 1.08 bits per heavy atom. The van der Waals surface area contributed by atoms with Gasteiger partial charge < -0.3 is 15.7 Å². The molecule has 0 aliphatic heterocycles. The molecule has 0 spiro atoms. The molecule has 0 bridgehead atoms. The zero-order valence-corrected chi connectivity index (χ0v) is 15.2. The van der Waals surface area contributed by atoms with Crippen LogP contribution >= 0.6 is 11.3 Å². The SMILES string of the molecule is CC(C)[C@@H](NC(=O)/C(=C\c1cccs1)NC(=O)c1ccccc1)C(=O)O. The van der Waals surface area contributed by atoms with Gasteiger partial charge in [-0.25, -0.2) is 4.79 Å². The number of carbonyl (C=O) groups excluding carboxylic acids is 2. The average molecular weight is 372 g/mol. The molecule has 1 atom stereocenters. The number of amides is 2. The largest absolute Gasteiger partial charge is 0.480 e. The summed E-state index contributed by atoms with van der Waals surface area (Å²) >= 11 is 1.40. The first-order chi connectivity index (χ1) is 12.4. The van der Waals surface area contributed by atoms with Gasteiger partial charge in [0.05, 0.1) is 0 Å². The summed E-state index contributed by atoms with van der Waals surface area (Å²) in [6, 6.07) is 11.0. The lowest BCUT2D eigenvalue weighted by atomic mass is 10.0. The number of rotatable bonds is 7. The highest BCUT2D eigenvalue weighted by Gasteiger charge is 2.25. The van der Waals surface area contributed by atoms with Crippen LogP contribution < -0.4 is 10.6 Å². The number of carboxylic acid groups (broad SMARTS) is 1. The maximum absolute atomic E-state index is 12.6. The molecule has 0 radical (unpaired) electrons. The van der Waals surface area contributed by atoms with Gasteiger partial charge in [0.1, 0.15) is 11.7 Å². The van der Waals surface area contributed by atoms with E-state index < -0.39 is 23.8 Å². The molecule has 1 aromatic carbocycles. The van der Waals surface area contributed by atoms with Crippen LogP contribution in [0.15, 0.2) is 53.5 Å². The third kappa shape index (κ3) is 5.29. The van der Waals surface area contributed by atoms with E-state index in [9.17, 15) is 19.5 Å². The fourth-order valence-electron chi connectivity index (χ4n) is 2.19. The van der Waals surface area contributed by atoms with Gasteiger partial charge in [0.25, 0.3) is 11.8 Å². The van der Waals surface area contributed by atoms with Crippen LogP contribution in [0.5, 0.6) is 0 Å². The molecule has 0 aliphatic carbocycles. The summed E-state index contributed by atoms with van der Waals surface area (Å²) in [6.07, 6.45) is 1.53. The van der Waals surface area contributed by atoms with Crippen molar-refractivity contribution in [3.8, 4) is 0 Å². The number of hydrogen-bond donors (Lipinski definition) is 3. The fourth-order valence-corrected chi connectivity index (χ4v) is 2.85. The second-order valence-electron chi connectivity index (χ2n) is 5.93. The lowest BCUT2D eigenvalue weighted by Gasteiger charge is -2.19. The molecule has 136 valence electrons. The van der Waals surface area contributed by atoms with Crippen molar-refractivity contribution in [2.24, 2.45) is 5.92 Å². The zero-order valence-electron chi connectivity index (χ0n) is 14.4. The summed E-state index contributed by atoms with van der Waals surface area (Å²) in [5, 5.41) is 16.2. The van der Waals surface area contributed by atoms with Crippen LogP contribution in [0.2, 0.25) is 0 Å². The van der Waals surface area contributed by atoms with Gasteiger partial charge in [-0.15, -0.1) is 11.3 Å². The van der Waals surface area contributed by atoms with Gasteiger partial charge in [-0.2, -0.15) is 0 Å². The highest BCUT2D eigenvalue weighted by molar-refractivity contribution is 7.10. The predicted octanol–water partition coefficient (Wildman–Crippen LogP) is 2.74. The van der Waals surface area contributed by atoms with Crippen molar-refractivity contribution < 1.29 is 19.5 Å². The lowest BCUT2D eigenvalue weighted by molar-refractivity contribution is -0.142. The van der Waals surface area contributed by atoms with E-state index in [0.717, 1.165) is 4.88 Å². The normalized spacial score (nSPS) is 12.5. The van der Waals surface area contributed by atoms with Gasteiger partial charge in [0.15, 0.2) is 0 Å². The number of thiophene rings is 1. The first-order valence-corrected chi connectivity index (χ1v) is 8.91. The maximum Gasteiger partial charge on any atom is 0.326 e. The van der Waals surface area contributed by atoms with Crippen molar-refractivity contribution in [1.29, 1.82) is 0 Å². The molecule has 26 heavy (non-hydrogen) atoms. The van der Waals surface area contributed by atoms with Crippen molar-refractivity contribution >= 4 is 35.2 Å². The summed E-state index contributed by atoms with van der Waals surface area (Å²) in [5.41, 5.74) is 0.393. The molecule has 2 amide bonds. The zero-order chi connectivity index (χ0) is 19.1. The molecule has 0 saturated heterocycles. The molecule has 0 fully saturated rings. The molecule has 7 heteroatoms. The molecule has 0 saturated carbocycles. The summed E-state index contributed by atoms with van der Waals surface area (Å²) in [5.74, 6) is -2.52. The molecular weight excluding hydrogens is 352 g/mol. The summed E-state index contributed by atoms with van der Waals surface area (Å²) in [6.45, 7) is 3.40. The fraction of sp³-hybridized carbons (Fsp3) is 0.211. The lowest BCUT2D eigenvalue weighted by Crippen LogP contribution is -2.47. The first kappa shape index (κ1) is 19.4. The predicted molar refractivity (Wildman–Crippen MR) is 101 cm³/mol. The Bertz CT molecular complexity index is 798. The molecule has 6 nitrogen and oxygen atoms in total. The van der Waals surface area contributed by atoms with Gasteiger partial charge in [-0.3, -0.25) is 9.59 Å². The van der Waals surface area contributed by atoms with Crippen LogP contribution in [0, 0.1) is 5.92 Å². The van der Waals surface area contributed by atoms with E-state index in [1.165, 1.54) is 17.4 Å². The van der Waals surface area contributed by atoms with E-state index in [0.29, 0.717) is 5.56 Å². The smallest absolute Gasteiger partial charge is 0.326 e. The Morgan fingerprint density at radius 3 is 2.31 bits per heavy atom. The Balaban J connectivity index is 2.25. The molecule has 2 aromatic rings. The third-order valence-electron chi connectivity index (χ3n) is 3.58. The van der Waals surface area contributed by atoms with E-state index >= 15 is 0 Å². The number of carboxylic acids is 1. The van der Waals surface area contributed by atoms with Crippen LogP contribution in [0.1, 0.15) is 29.1 Å². The van der Waals surface area contributed by atoms with Gasteiger partial charge in [-0.1, -0.05) is 38.1 Å². The van der Waals surface area contributed by atoms with Crippen LogP contribution in [-0.4, -0.2) is 28.9 Å². The molecule has 0 aliphatic rings. The van der Waals surface area contributed by atoms with Crippen LogP contribution in [0.3, 0.4) is 0 Å². The molecule has 0 unspecified atom stereocenters. The van der Waals surface area contributed by atoms with Gasteiger partial charge in [0, 0.05) is 10.4 Å². The van der Waals surface area contributed by atoms with Crippen LogP contribution in [0.4, 0.5) is 0 Å². The van der Waals surface area contributed by atoms with Crippen molar-refractivity contribution in [3.05, 3.63) is 64.0 Å². The molecule has 1 heterocycles. The minimum Gasteiger partial charge on any atom is -0.480 e. The number of nitrogens with one attached hydrogen (secondary N) is 2. The Kier molecular flexibility index (Phi) is 6.68. The van der Waals surface area contributed by atoms with Crippen molar-refractivity contribution in [3.63, 3.8) is 0 Å².